The normalized spacial score (nSPS) is 31.9. The van der Waals surface area contributed by atoms with Gasteiger partial charge in [0.1, 0.15) is 49.0 Å². The van der Waals surface area contributed by atoms with Crippen LogP contribution in [0, 0.1) is 0 Å². The molecule has 0 amide bonds. The Morgan fingerprint density at radius 3 is 2.50 bits per heavy atom. The molecular weight excluding hydrogens is 669 g/mol. The van der Waals surface area contributed by atoms with Gasteiger partial charge in [0.15, 0.2) is 35.1 Å². The van der Waals surface area contributed by atoms with Gasteiger partial charge in [0.2, 0.25) is 5.95 Å². The van der Waals surface area contributed by atoms with Gasteiger partial charge in [-0.05, 0) is 0 Å². The number of aromatic nitrogens is 8. The Kier molecular flexibility index (Phi) is 8.42. The fraction of sp³-hybridized carbons (Fsp3) is 0.500. The van der Waals surface area contributed by atoms with Gasteiger partial charge in [-0.1, -0.05) is 0 Å². The number of H-pyrrole nitrogens is 1. The summed E-state index contributed by atoms with van der Waals surface area (Å²) >= 11 is 0. The van der Waals surface area contributed by atoms with Crippen LogP contribution in [-0.2, 0) is 32.2 Å². The molecule has 0 bridgehead atoms. The zero-order chi connectivity index (χ0) is 33.1. The molecule has 26 heteroatoms. The van der Waals surface area contributed by atoms with Crippen LogP contribution in [0.4, 0.5) is 16.2 Å². The smallest absolute Gasteiger partial charge is 0.387 e. The number of aliphatic hydroxyl groups excluding tert-OH is 3. The van der Waals surface area contributed by atoms with E-state index >= 15 is 4.39 Å². The molecule has 6 rings (SSSR count). The molecule has 23 nitrogen and oxygen atoms in total. The highest BCUT2D eigenvalue weighted by Crippen LogP contribution is 2.52. The molecule has 2 saturated heterocycles. The Morgan fingerprint density at radius 1 is 1.09 bits per heavy atom. The van der Waals surface area contributed by atoms with E-state index in [1.807, 2.05) is 0 Å². The van der Waals surface area contributed by atoms with E-state index in [-0.39, 0.29) is 28.1 Å². The van der Waals surface area contributed by atoms with E-state index in [9.17, 15) is 34.1 Å². The molecule has 10 atom stereocenters. The van der Waals surface area contributed by atoms with Crippen LogP contribution in [0.25, 0.3) is 22.3 Å². The first-order valence-electron chi connectivity index (χ1n) is 12.9. The molecule has 0 spiro atoms. The number of halogens is 1. The Balaban J connectivity index is 1.22. The second-order valence-corrected chi connectivity index (χ2v) is 12.3. The van der Waals surface area contributed by atoms with Crippen molar-refractivity contribution in [2.24, 2.45) is 0 Å². The minimum Gasteiger partial charge on any atom is -0.387 e. The van der Waals surface area contributed by atoms with Gasteiger partial charge in [-0.3, -0.25) is 32.5 Å². The Morgan fingerprint density at radius 2 is 1.78 bits per heavy atom. The van der Waals surface area contributed by atoms with E-state index in [1.165, 1.54) is 10.9 Å². The molecule has 2 aliphatic rings. The van der Waals surface area contributed by atoms with Crippen molar-refractivity contribution in [3.63, 3.8) is 0 Å². The summed E-state index contributed by atoms with van der Waals surface area (Å²) in [5.74, 6) is -3.67. The predicted octanol–water partition coefficient (Wildman–Crippen LogP) is -2.80. The Labute approximate surface area is 254 Å². The van der Waals surface area contributed by atoms with E-state index in [1.54, 1.807) is 0 Å². The van der Waals surface area contributed by atoms with E-state index < -0.39 is 89.6 Å². The molecule has 4 aromatic rings. The highest BCUT2D eigenvalue weighted by molar-refractivity contribution is 7.47. The molecule has 4 aromatic heterocycles. The zero-order valence-corrected chi connectivity index (χ0v) is 24.7. The highest BCUT2D eigenvalue weighted by atomic mass is 31.2. The number of nitrogen functional groups attached to an aromatic ring is 2. The maximum absolute atomic E-state index is 15.8. The summed E-state index contributed by atoms with van der Waals surface area (Å²) in [5.41, 5.74) is 10.3. The first-order chi connectivity index (χ1) is 21.7. The monoisotopic (exact) mass is 694 g/mol. The fourth-order valence-corrected chi connectivity index (χ4v) is 6.22. The van der Waals surface area contributed by atoms with Crippen LogP contribution >= 0.6 is 16.1 Å². The molecule has 2 unspecified atom stereocenters. The van der Waals surface area contributed by atoms with Crippen molar-refractivity contribution in [1.82, 2.24) is 39.0 Å². The summed E-state index contributed by atoms with van der Waals surface area (Å²) in [4.78, 5) is 53.6. The third kappa shape index (κ3) is 5.78. The van der Waals surface area contributed by atoms with Crippen molar-refractivity contribution in [1.29, 1.82) is 0 Å². The molecule has 46 heavy (non-hydrogen) atoms. The van der Waals surface area contributed by atoms with Crippen LogP contribution in [0.1, 0.15) is 12.5 Å². The minimum absolute atomic E-state index is 0.0377. The molecule has 250 valence electrons. The Hall–Kier alpha value is -3.51. The van der Waals surface area contributed by atoms with Gasteiger partial charge < -0.3 is 50.6 Å². The van der Waals surface area contributed by atoms with Crippen LogP contribution in [0.3, 0.4) is 0 Å². The number of anilines is 2. The zero-order valence-electron chi connectivity index (χ0n) is 22.8. The number of fused-ring (bicyclic) bond motifs is 2. The topological polar surface area (TPSA) is 341 Å². The number of ether oxygens (including phenoxy) is 2. The molecule has 2 fully saturated rings. The number of nitrogens with two attached hydrogens (primary N) is 2. The average Bonchev–Trinajstić information content (AvgIpc) is 3.73. The summed E-state index contributed by atoms with van der Waals surface area (Å²) < 4.78 is 67.4. The lowest BCUT2D eigenvalue weighted by atomic mass is 10.1. The van der Waals surface area contributed by atoms with Gasteiger partial charge in [-0.15, -0.1) is 0 Å². The lowest BCUT2D eigenvalue weighted by molar-refractivity contribution is -0.202. The summed E-state index contributed by atoms with van der Waals surface area (Å²) in [7, 11) is -9.08. The van der Waals surface area contributed by atoms with Crippen LogP contribution in [-0.4, -0.2) is 114 Å². The minimum atomic E-state index is -5.34. The molecule has 0 saturated carbocycles. The fourth-order valence-electron chi connectivity index (χ4n) is 4.98. The van der Waals surface area contributed by atoms with Gasteiger partial charge in [-0.25, -0.2) is 28.9 Å². The average molecular weight is 694 g/mol. The number of nitrogens with zero attached hydrogens (tertiary/aromatic N) is 7. The number of imidazole rings is 2. The molecule has 0 aromatic carbocycles. The number of phosphoric ester groups is 1. The number of phosphoric acid groups is 1. The van der Waals surface area contributed by atoms with Crippen LogP contribution < -0.4 is 17.0 Å². The Bertz CT molecular complexity index is 1910. The summed E-state index contributed by atoms with van der Waals surface area (Å²) in [5, 5.41) is 32.0. The van der Waals surface area contributed by atoms with Gasteiger partial charge in [0.05, 0.1) is 19.3 Å². The highest BCUT2D eigenvalue weighted by Gasteiger charge is 2.60. The number of alkyl halides is 1. The lowest BCUT2D eigenvalue weighted by Gasteiger charge is -2.25. The van der Waals surface area contributed by atoms with Gasteiger partial charge in [-0.2, -0.15) is 4.98 Å². The van der Waals surface area contributed by atoms with E-state index in [2.05, 4.69) is 34.4 Å². The van der Waals surface area contributed by atoms with Crippen molar-refractivity contribution >= 4 is 50.2 Å². The maximum Gasteiger partial charge on any atom is 0.472 e. The second-order valence-electron chi connectivity index (χ2n) is 10.0. The van der Waals surface area contributed by atoms with Gasteiger partial charge >= 0.3 is 16.1 Å². The second kappa shape index (κ2) is 11.9. The van der Waals surface area contributed by atoms with E-state index in [0.717, 1.165) is 17.2 Å². The first kappa shape index (κ1) is 32.4. The molecule has 0 aliphatic carbocycles. The summed E-state index contributed by atoms with van der Waals surface area (Å²) in [6, 6.07) is 0. The molecule has 2 aliphatic heterocycles. The number of aliphatic hydroxyl groups is 3. The van der Waals surface area contributed by atoms with E-state index in [0.29, 0.717) is 0 Å². The largest absolute Gasteiger partial charge is 0.472 e. The summed E-state index contributed by atoms with van der Waals surface area (Å²) in [6.07, 6.45) is -9.34. The number of nitrogens with one attached hydrogen (secondary N) is 1. The van der Waals surface area contributed by atoms with Crippen LogP contribution in [0.15, 0.2) is 23.8 Å². The number of rotatable bonds is 10. The third-order valence-electron chi connectivity index (χ3n) is 7.12. The van der Waals surface area contributed by atoms with Crippen molar-refractivity contribution in [3.05, 3.63) is 29.3 Å². The van der Waals surface area contributed by atoms with Crippen molar-refractivity contribution in [2.45, 2.75) is 48.8 Å². The number of aromatic amines is 1. The molecule has 0 radical (unpaired) electrons. The number of hydrogen-bond acceptors (Lipinski definition) is 18. The van der Waals surface area contributed by atoms with Crippen molar-refractivity contribution < 1.29 is 61.7 Å². The van der Waals surface area contributed by atoms with Gasteiger partial charge in [0, 0.05) is 0 Å². The standard InChI is InChI=1S/C20H25FN10O13P2/c21-20(2-40-45(36)37)12(34)11(18(43-20)31-5-27-8-15(31)28-19(23)29-16(8)35)44-46(38,39)41-1-6-9(32)10(33)17(42-6)30-4-26-7-13(22)24-3-25-14(7)30/h3-6,9-12,17-18,32-34,45H,1-2H2,(H,36,37)(H,38,39)(H2,22,24,25)(H3,23,28,29,35)/t6-,9-,10-,11-,12+,17-,18-,20-/m1/s1. The quantitative estimate of drug-likeness (QED) is 0.0777. The first-order valence-corrected chi connectivity index (χ1v) is 15.7. The maximum atomic E-state index is 15.8. The lowest BCUT2D eigenvalue weighted by Crippen LogP contribution is -2.43. The third-order valence-corrected chi connectivity index (χ3v) is 8.50. The number of hydrogen-bond donors (Lipinski definition) is 8. The van der Waals surface area contributed by atoms with E-state index in [4.69, 9.17) is 34.9 Å². The molecule has 6 heterocycles. The predicted molar refractivity (Wildman–Crippen MR) is 146 cm³/mol. The summed E-state index contributed by atoms with van der Waals surface area (Å²) in [6.45, 7) is -2.22. The van der Waals surface area contributed by atoms with Crippen LogP contribution in [0.5, 0.6) is 0 Å². The molecule has 10 N–H and O–H groups in total. The van der Waals surface area contributed by atoms with Crippen molar-refractivity contribution in [2.75, 3.05) is 24.7 Å². The molecular formula is C20H25FN10O13P2. The van der Waals surface area contributed by atoms with Crippen LogP contribution in [0.2, 0.25) is 0 Å². The SMILES string of the molecule is Nc1nc2c(ncn2[C@@H]2O[C@](F)(CO[PH](=O)O)[C@@H](O)[C@H]2OP(=O)(O)OC[C@H]2O[C@@H](n3cnc4c(N)ncnc43)[C@H](O)[C@@H]2O)c(=O)[nH]1. The van der Waals surface area contributed by atoms with Crippen molar-refractivity contribution in [3.8, 4) is 0 Å². The van der Waals surface area contributed by atoms with Gasteiger partial charge in [0.25, 0.3) is 11.4 Å².